The van der Waals surface area contributed by atoms with Gasteiger partial charge in [-0.2, -0.15) is 0 Å². The molecule has 0 radical (unpaired) electrons. The van der Waals surface area contributed by atoms with E-state index in [1.807, 2.05) is 12.4 Å². The molecular weight excluding hydrogens is 313 g/mol. The highest BCUT2D eigenvalue weighted by atomic mass is 127. The Kier molecular flexibility index (Phi) is 4.81. The van der Waals surface area contributed by atoms with Crippen LogP contribution >= 0.6 is 22.6 Å². The van der Waals surface area contributed by atoms with Crippen LogP contribution in [0.2, 0.25) is 0 Å². The number of anilines is 1. The summed E-state index contributed by atoms with van der Waals surface area (Å²) in [7, 11) is 0. The molecule has 1 N–H and O–H groups in total. The molecule has 1 aliphatic carbocycles. The zero-order valence-corrected chi connectivity index (χ0v) is 11.6. The van der Waals surface area contributed by atoms with Crippen LogP contribution in [-0.2, 0) is 0 Å². The number of hydrogen-bond acceptors (Lipinski definition) is 3. The number of aromatic nitrogens is 2. The van der Waals surface area contributed by atoms with Crippen molar-refractivity contribution < 1.29 is 0 Å². The molecule has 1 aromatic rings. The summed E-state index contributed by atoms with van der Waals surface area (Å²) in [5.74, 6) is 1.68. The predicted molar refractivity (Wildman–Crippen MR) is 74.4 cm³/mol. The number of nitrogens with one attached hydrogen (secondary N) is 1. The molecule has 0 bridgehead atoms. The van der Waals surface area contributed by atoms with Crippen LogP contribution in [0.25, 0.3) is 0 Å². The monoisotopic (exact) mass is 331 g/mol. The lowest BCUT2D eigenvalue weighted by Crippen LogP contribution is -2.13. The van der Waals surface area contributed by atoms with Crippen LogP contribution < -0.4 is 5.32 Å². The van der Waals surface area contributed by atoms with Gasteiger partial charge in [-0.15, -0.1) is 0 Å². The second-order valence-electron chi connectivity index (χ2n) is 4.44. The Bertz CT molecular complexity index is 307. The fourth-order valence-corrected chi connectivity index (χ4v) is 2.55. The molecule has 0 unspecified atom stereocenters. The van der Waals surface area contributed by atoms with Gasteiger partial charge in [-0.05, 0) is 34.9 Å². The van der Waals surface area contributed by atoms with Crippen molar-refractivity contribution in [1.82, 2.24) is 9.97 Å². The largest absolute Gasteiger partial charge is 0.354 e. The van der Waals surface area contributed by atoms with Gasteiger partial charge < -0.3 is 5.32 Å². The maximum Gasteiger partial charge on any atom is 0.222 e. The average molecular weight is 331 g/mol. The molecule has 0 aliphatic heterocycles. The molecule has 0 atom stereocenters. The first-order valence-corrected chi connectivity index (χ1v) is 7.14. The van der Waals surface area contributed by atoms with E-state index >= 15 is 0 Å². The van der Waals surface area contributed by atoms with Crippen molar-refractivity contribution in [2.75, 3.05) is 11.9 Å². The van der Waals surface area contributed by atoms with Crippen LogP contribution in [0.3, 0.4) is 0 Å². The van der Waals surface area contributed by atoms with Gasteiger partial charge in [-0.3, -0.25) is 0 Å². The van der Waals surface area contributed by atoms with Crippen LogP contribution in [0.4, 0.5) is 5.95 Å². The van der Waals surface area contributed by atoms with Gasteiger partial charge in [0, 0.05) is 22.5 Å². The molecule has 1 saturated carbocycles. The van der Waals surface area contributed by atoms with Crippen molar-refractivity contribution in [3.05, 3.63) is 16.0 Å². The van der Waals surface area contributed by atoms with Gasteiger partial charge >= 0.3 is 0 Å². The van der Waals surface area contributed by atoms with E-state index in [1.54, 1.807) is 0 Å². The van der Waals surface area contributed by atoms with Gasteiger partial charge in [-0.1, -0.05) is 32.1 Å². The second-order valence-corrected chi connectivity index (χ2v) is 5.69. The molecule has 1 heterocycles. The maximum absolute atomic E-state index is 4.23. The molecule has 1 aromatic heterocycles. The molecule has 1 aliphatic rings. The molecular formula is C12H18IN3. The molecule has 0 spiro atoms. The smallest absolute Gasteiger partial charge is 0.222 e. The molecule has 3 nitrogen and oxygen atoms in total. The summed E-state index contributed by atoms with van der Waals surface area (Å²) in [5.41, 5.74) is 0. The number of nitrogens with zero attached hydrogens (tertiary/aromatic N) is 2. The Morgan fingerprint density at radius 1 is 1.19 bits per heavy atom. The lowest BCUT2D eigenvalue weighted by atomic mass is 9.87. The molecule has 88 valence electrons. The van der Waals surface area contributed by atoms with Gasteiger partial charge in [0.2, 0.25) is 5.95 Å². The standard InChI is InChI=1S/C12H18IN3/c13-11-8-15-12(16-9-11)14-7-6-10-4-2-1-3-5-10/h8-10H,1-7H2,(H,14,15,16). The summed E-state index contributed by atoms with van der Waals surface area (Å²) >= 11 is 2.22. The SMILES string of the molecule is Ic1cnc(NCCC2CCCCC2)nc1. The Balaban J connectivity index is 1.69. The summed E-state index contributed by atoms with van der Waals surface area (Å²) in [4.78, 5) is 8.46. The number of hydrogen-bond donors (Lipinski definition) is 1. The van der Waals surface area contributed by atoms with E-state index in [4.69, 9.17) is 0 Å². The topological polar surface area (TPSA) is 37.8 Å². The first-order chi connectivity index (χ1) is 7.84. The molecule has 2 rings (SSSR count). The predicted octanol–water partition coefficient (Wildman–Crippen LogP) is 3.46. The van der Waals surface area contributed by atoms with Gasteiger partial charge in [0.1, 0.15) is 0 Å². The van der Waals surface area contributed by atoms with E-state index < -0.39 is 0 Å². The number of rotatable bonds is 4. The van der Waals surface area contributed by atoms with E-state index in [9.17, 15) is 0 Å². The van der Waals surface area contributed by atoms with Crippen molar-refractivity contribution in [3.8, 4) is 0 Å². The van der Waals surface area contributed by atoms with E-state index in [1.165, 1.54) is 38.5 Å². The highest BCUT2D eigenvalue weighted by molar-refractivity contribution is 14.1. The van der Waals surface area contributed by atoms with E-state index in [0.717, 1.165) is 22.0 Å². The van der Waals surface area contributed by atoms with Crippen LogP contribution in [0, 0.1) is 9.49 Å². The molecule has 16 heavy (non-hydrogen) atoms. The number of halogens is 1. The minimum absolute atomic E-state index is 0.760. The summed E-state index contributed by atoms with van der Waals surface area (Å²) in [5, 5.41) is 3.29. The lowest BCUT2D eigenvalue weighted by Gasteiger charge is -2.21. The summed E-state index contributed by atoms with van der Waals surface area (Å²) in [6.07, 6.45) is 12.0. The highest BCUT2D eigenvalue weighted by Crippen LogP contribution is 2.25. The summed E-state index contributed by atoms with van der Waals surface area (Å²) in [6.45, 7) is 1.01. The van der Waals surface area contributed by atoms with Crippen LogP contribution in [-0.4, -0.2) is 16.5 Å². The van der Waals surface area contributed by atoms with Gasteiger partial charge in [-0.25, -0.2) is 9.97 Å². The van der Waals surface area contributed by atoms with Gasteiger partial charge in [0.15, 0.2) is 0 Å². The maximum atomic E-state index is 4.23. The zero-order valence-electron chi connectivity index (χ0n) is 9.45. The minimum atomic E-state index is 0.760. The Labute approximate surface area is 111 Å². The van der Waals surface area contributed by atoms with E-state index in [-0.39, 0.29) is 0 Å². The third-order valence-corrected chi connectivity index (χ3v) is 3.74. The lowest BCUT2D eigenvalue weighted by molar-refractivity contribution is 0.345. The zero-order chi connectivity index (χ0) is 11.2. The fraction of sp³-hybridized carbons (Fsp3) is 0.667. The molecule has 0 aromatic carbocycles. The van der Waals surface area contributed by atoms with E-state index in [0.29, 0.717) is 0 Å². The van der Waals surface area contributed by atoms with Crippen molar-refractivity contribution in [1.29, 1.82) is 0 Å². The third kappa shape index (κ3) is 3.88. The van der Waals surface area contributed by atoms with E-state index in [2.05, 4.69) is 37.9 Å². The Morgan fingerprint density at radius 2 is 1.88 bits per heavy atom. The Hall–Kier alpha value is -0.390. The van der Waals surface area contributed by atoms with Crippen LogP contribution in [0.15, 0.2) is 12.4 Å². The third-order valence-electron chi connectivity index (χ3n) is 3.18. The highest BCUT2D eigenvalue weighted by Gasteiger charge is 2.12. The van der Waals surface area contributed by atoms with Gasteiger partial charge in [0.05, 0.1) is 0 Å². The first kappa shape index (κ1) is 12.1. The molecule has 4 heteroatoms. The minimum Gasteiger partial charge on any atom is -0.354 e. The van der Waals surface area contributed by atoms with Gasteiger partial charge in [0.25, 0.3) is 0 Å². The summed E-state index contributed by atoms with van der Waals surface area (Å²) in [6, 6.07) is 0. The first-order valence-electron chi connectivity index (χ1n) is 6.06. The molecule has 1 fully saturated rings. The average Bonchev–Trinajstić information content (AvgIpc) is 2.33. The second kappa shape index (κ2) is 6.37. The quantitative estimate of drug-likeness (QED) is 0.859. The van der Waals surface area contributed by atoms with Crippen molar-refractivity contribution in [2.45, 2.75) is 38.5 Å². The van der Waals surface area contributed by atoms with Crippen molar-refractivity contribution in [3.63, 3.8) is 0 Å². The summed E-state index contributed by atoms with van der Waals surface area (Å²) < 4.78 is 1.08. The molecule has 0 amide bonds. The van der Waals surface area contributed by atoms with Crippen molar-refractivity contribution in [2.24, 2.45) is 5.92 Å². The van der Waals surface area contributed by atoms with Crippen molar-refractivity contribution >= 4 is 28.5 Å². The normalized spacial score (nSPS) is 17.3. The van der Waals surface area contributed by atoms with Crippen LogP contribution in [0.5, 0.6) is 0 Å². The fourth-order valence-electron chi connectivity index (χ4n) is 2.27. The Morgan fingerprint density at radius 3 is 2.56 bits per heavy atom. The van der Waals surface area contributed by atoms with Crippen LogP contribution in [0.1, 0.15) is 38.5 Å². The molecule has 0 saturated heterocycles.